The summed E-state index contributed by atoms with van der Waals surface area (Å²) in [5.41, 5.74) is 1.22. The van der Waals surface area contributed by atoms with Crippen LogP contribution in [0.25, 0.3) is 0 Å². The maximum atomic E-state index is 11.3. The van der Waals surface area contributed by atoms with Gasteiger partial charge in [-0.1, -0.05) is 13.0 Å². The highest BCUT2D eigenvalue weighted by Crippen LogP contribution is 2.33. The van der Waals surface area contributed by atoms with E-state index in [9.17, 15) is 10.1 Å². The van der Waals surface area contributed by atoms with Crippen LogP contribution in [0.5, 0.6) is 0 Å². The van der Waals surface area contributed by atoms with E-state index in [1.54, 1.807) is 12.1 Å². The molecule has 2 rings (SSSR count). The Kier molecular flexibility index (Phi) is 5.17. The standard InChI is InChI=1S/C14H21N3O3/c1-2-8-15-12-6-3-7-13(14(12)17(18)19)16-10-11-5-4-9-20-11/h3,6-7,11,15-16H,2,4-5,8-10H2,1H3. The van der Waals surface area contributed by atoms with Gasteiger partial charge in [-0.05, 0) is 31.4 Å². The monoisotopic (exact) mass is 279 g/mol. The summed E-state index contributed by atoms with van der Waals surface area (Å²) in [4.78, 5) is 11.0. The van der Waals surface area contributed by atoms with Crippen molar-refractivity contribution in [1.29, 1.82) is 0 Å². The van der Waals surface area contributed by atoms with Crippen LogP contribution in [0.4, 0.5) is 17.1 Å². The maximum absolute atomic E-state index is 11.3. The van der Waals surface area contributed by atoms with E-state index in [0.717, 1.165) is 32.4 Å². The Morgan fingerprint density at radius 2 is 2.15 bits per heavy atom. The Hall–Kier alpha value is -1.82. The van der Waals surface area contributed by atoms with E-state index in [2.05, 4.69) is 10.6 Å². The highest BCUT2D eigenvalue weighted by molar-refractivity contribution is 5.76. The molecular weight excluding hydrogens is 258 g/mol. The fourth-order valence-electron chi connectivity index (χ4n) is 2.31. The molecule has 1 unspecified atom stereocenters. The Morgan fingerprint density at radius 1 is 1.40 bits per heavy atom. The smallest absolute Gasteiger partial charge is 0.315 e. The number of anilines is 2. The maximum Gasteiger partial charge on any atom is 0.315 e. The molecule has 0 bridgehead atoms. The SMILES string of the molecule is CCCNc1cccc(NCC2CCCO2)c1[N+](=O)[O-]. The number of ether oxygens (including phenoxy) is 1. The van der Waals surface area contributed by atoms with Crippen LogP contribution in [0.1, 0.15) is 26.2 Å². The molecule has 1 atom stereocenters. The van der Waals surface area contributed by atoms with Crippen LogP contribution in [-0.2, 0) is 4.74 Å². The summed E-state index contributed by atoms with van der Waals surface area (Å²) in [7, 11) is 0. The van der Waals surface area contributed by atoms with Crippen molar-refractivity contribution in [3.8, 4) is 0 Å². The largest absolute Gasteiger partial charge is 0.379 e. The zero-order valence-electron chi connectivity index (χ0n) is 11.7. The van der Waals surface area contributed by atoms with Crippen LogP contribution >= 0.6 is 0 Å². The first-order valence-electron chi connectivity index (χ1n) is 7.09. The first-order valence-corrected chi connectivity index (χ1v) is 7.09. The lowest BCUT2D eigenvalue weighted by Gasteiger charge is -2.14. The van der Waals surface area contributed by atoms with Crippen molar-refractivity contribution in [1.82, 2.24) is 0 Å². The molecule has 1 aliphatic heterocycles. The number of nitrogens with zero attached hydrogens (tertiary/aromatic N) is 1. The van der Waals surface area contributed by atoms with Gasteiger partial charge in [-0.3, -0.25) is 10.1 Å². The Bertz CT molecular complexity index is 459. The Morgan fingerprint density at radius 3 is 2.75 bits per heavy atom. The summed E-state index contributed by atoms with van der Waals surface area (Å²) in [6.45, 7) is 4.14. The van der Waals surface area contributed by atoms with Crippen molar-refractivity contribution in [2.75, 3.05) is 30.3 Å². The summed E-state index contributed by atoms with van der Waals surface area (Å²) in [6, 6.07) is 5.30. The molecule has 0 saturated carbocycles. The van der Waals surface area contributed by atoms with Crippen molar-refractivity contribution in [3.63, 3.8) is 0 Å². The average molecular weight is 279 g/mol. The number of hydrogen-bond donors (Lipinski definition) is 2. The van der Waals surface area contributed by atoms with E-state index in [4.69, 9.17) is 4.74 Å². The third-order valence-corrected chi connectivity index (χ3v) is 3.33. The zero-order chi connectivity index (χ0) is 14.4. The molecule has 1 aromatic carbocycles. The second kappa shape index (κ2) is 7.09. The van der Waals surface area contributed by atoms with E-state index in [1.807, 2.05) is 13.0 Å². The molecule has 6 nitrogen and oxygen atoms in total. The van der Waals surface area contributed by atoms with Gasteiger partial charge in [0.25, 0.3) is 0 Å². The quantitative estimate of drug-likeness (QED) is 0.592. The lowest BCUT2D eigenvalue weighted by Crippen LogP contribution is -2.19. The molecule has 1 saturated heterocycles. The van der Waals surface area contributed by atoms with Gasteiger partial charge < -0.3 is 15.4 Å². The van der Waals surface area contributed by atoms with Crippen molar-refractivity contribution in [2.24, 2.45) is 0 Å². The lowest BCUT2D eigenvalue weighted by molar-refractivity contribution is -0.383. The molecule has 1 aliphatic rings. The summed E-state index contributed by atoms with van der Waals surface area (Å²) in [5.74, 6) is 0. The van der Waals surface area contributed by atoms with Gasteiger partial charge in [-0.25, -0.2) is 0 Å². The van der Waals surface area contributed by atoms with Gasteiger partial charge in [-0.2, -0.15) is 0 Å². The number of hydrogen-bond acceptors (Lipinski definition) is 5. The van der Waals surface area contributed by atoms with E-state index in [1.165, 1.54) is 0 Å². The zero-order valence-corrected chi connectivity index (χ0v) is 11.7. The molecule has 0 aliphatic carbocycles. The van der Waals surface area contributed by atoms with Crippen molar-refractivity contribution in [3.05, 3.63) is 28.3 Å². The van der Waals surface area contributed by atoms with Crippen LogP contribution in [0.2, 0.25) is 0 Å². The van der Waals surface area contributed by atoms with Gasteiger partial charge in [0.05, 0.1) is 11.0 Å². The van der Waals surface area contributed by atoms with Gasteiger partial charge in [0.1, 0.15) is 11.4 Å². The summed E-state index contributed by atoms with van der Waals surface area (Å²) >= 11 is 0. The van der Waals surface area contributed by atoms with E-state index in [0.29, 0.717) is 17.9 Å². The van der Waals surface area contributed by atoms with Gasteiger partial charge in [0, 0.05) is 19.7 Å². The third-order valence-electron chi connectivity index (χ3n) is 3.33. The first-order chi connectivity index (χ1) is 9.72. The minimum atomic E-state index is -0.337. The molecule has 110 valence electrons. The second-order valence-electron chi connectivity index (χ2n) is 4.90. The van der Waals surface area contributed by atoms with Crippen molar-refractivity contribution >= 4 is 17.1 Å². The second-order valence-corrected chi connectivity index (χ2v) is 4.90. The van der Waals surface area contributed by atoms with Gasteiger partial charge in [0.2, 0.25) is 0 Å². The van der Waals surface area contributed by atoms with Crippen LogP contribution < -0.4 is 10.6 Å². The number of benzene rings is 1. The predicted molar refractivity (Wildman–Crippen MR) is 79.3 cm³/mol. The molecule has 1 fully saturated rings. The van der Waals surface area contributed by atoms with Gasteiger partial charge in [0.15, 0.2) is 0 Å². The minimum Gasteiger partial charge on any atom is -0.379 e. The number of para-hydroxylation sites is 1. The summed E-state index contributed by atoms with van der Waals surface area (Å²) in [6.07, 6.45) is 3.15. The fraction of sp³-hybridized carbons (Fsp3) is 0.571. The molecule has 0 aromatic heterocycles. The van der Waals surface area contributed by atoms with Crippen molar-refractivity contribution < 1.29 is 9.66 Å². The molecule has 1 heterocycles. The van der Waals surface area contributed by atoms with Crippen LogP contribution in [0.3, 0.4) is 0 Å². The molecule has 0 radical (unpaired) electrons. The molecule has 2 N–H and O–H groups in total. The number of rotatable bonds is 7. The van der Waals surface area contributed by atoms with Crippen LogP contribution in [0.15, 0.2) is 18.2 Å². The van der Waals surface area contributed by atoms with E-state index >= 15 is 0 Å². The highest BCUT2D eigenvalue weighted by Gasteiger charge is 2.21. The third kappa shape index (κ3) is 3.60. The minimum absolute atomic E-state index is 0.110. The molecule has 0 amide bonds. The van der Waals surface area contributed by atoms with Crippen molar-refractivity contribution in [2.45, 2.75) is 32.3 Å². The average Bonchev–Trinajstić information content (AvgIpc) is 2.95. The number of nitro benzene ring substituents is 1. The normalized spacial score (nSPS) is 17.9. The molecule has 1 aromatic rings. The highest BCUT2D eigenvalue weighted by atomic mass is 16.6. The lowest BCUT2D eigenvalue weighted by atomic mass is 10.2. The van der Waals surface area contributed by atoms with Crippen LogP contribution in [-0.4, -0.2) is 30.7 Å². The molecule has 6 heteroatoms. The van der Waals surface area contributed by atoms with E-state index < -0.39 is 0 Å². The number of nitrogens with one attached hydrogen (secondary N) is 2. The predicted octanol–water partition coefficient (Wildman–Crippen LogP) is 3.01. The number of nitro groups is 1. The Labute approximate surface area is 118 Å². The van der Waals surface area contributed by atoms with E-state index in [-0.39, 0.29) is 16.7 Å². The van der Waals surface area contributed by atoms with Gasteiger partial charge in [-0.15, -0.1) is 0 Å². The summed E-state index contributed by atoms with van der Waals surface area (Å²) < 4.78 is 5.52. The first kappa shape index (κ1) is 14.6. The Balaban J connectivity index is 2.11. The topological polar surface area (TPSA) is 76.4 Å². The van der Waals surface area contributed by atoms with Gasteiger partial charge >= 0.3 is 5.69 Å². The molecular formula is C14H21N3O3. The molecule has 20 heavy (non-hydrogen) atoms. The summed E-state index contributed by atoms with van der Waals surface area (Å²) in [5, 5.41) is 17.5. The molecule has 0 spiro atoms. The fourth-order valence-corrected chi connectivity index (χ4v) is 2.31. The van der Waals surface area contributed by atoms with Crippen LogP contribution in [0, 0.1) is 10.1 Å².